The predicted molar refractivity (Wildman–Crippen MR) is 68.4 cm³/mol. The van der Waals surface area contributed by atoms with Crippen LogP contribution in [0.5, 0.6) is 0 Å². The Morgan fingerprint density at radius 3 is 2.41 bits per heavy atom. The maximum Gasteiger partial charge on any atom is 0.181 e. The zero-order chi connectivity index (χ0) is 13.2. The van der Waals surface area contributed by atoms with Gasteiger partial charge in [0.15, 0.2) is 5.03 Å². The molecule has 6 heteroatoms. The summed E-state index contributed by atoms with van der Waals surface area (Å²) in [6, 6.07) is 5.23. The summed E-state index contributed by atoms with van der Waals surface area (Å²) >= 11 is 5.96. The largest absolute Gasteiger partial charge is 0.245 e. The van der Waals surface area contributed by atoms with Gasteiger partial charge in [0.05, 0.1) is 5.69 Å². The van der Waals surface area contributed by atoms with Crippen LogP contribution in [0.4, 0.5) is 5.69 Å². The third-order valence-corrected chi connectivity index (χ3v) is 2.61. The second-order valence-electron chi connectivity index (χ2n) is 4.80. The van der Waals surface area contributed by atoms with Gasteiger partial charge < -0.3 is 0 Å². The molecule has 1 rings (SSSR count). The summed E-state index contributed by atoms with van der Waals surface area (Å²) in [4.78, 5) is 10.9. The maximum absolute atomic E-state index is 10.9. The molecule has 1 aromatic rings. The first-order valence-corrected chi connectivity index (χ1v) is 5.57. The van der Waals surface area contributed by atoms with E-state index < -0.39 is 10.6 Å². The molecule has 5 nitrogen and oxygen atoms in total. The van der Waals surface area contributed by atoms with Gasteiger partial charge in [-0.25, -0.2) is 15.5 Å². The molecule has 0 amide bonds. The highest BCUT2D eigenvalue weighted by Gasteiger charge is 2.30. The number of anilines is 1. The molecule has 0 saturated heterocycles. The number of rotatable bonds is 3. The number of nitro groups is 1. The third-order valence-electron chi connectivity index (χ3n) is 2.21. The molecule has 1 N–H and O–H groups in total. The second-order valence-corrected chi connectivity index (χ2v) is 5.20. The Kier molecular flexibility index (Phi) is 3.83. The quantitative estimate of drug-likeness (QED) is 0.667. The van der Waals surface area contributed by atoms with Crippen LogP contribution in [0.1, 0.15) is 26.3 Å². The standard InChI is InChI=1S/C11H16ClN3O2/c1-8-5-6-9(7-10(8)12)13-14(15(16)17)11(2,3)4/h5-7,13H,1-4H3. The topological polar surface area (TPSA) is 58.4 Å². The van der Waals surface area contributed by atoms with Crippen LogP contribution in [0.15, 0.2) is 18.2 Å². The SMILES string of the molecule is Cc1ccc(NN([N+](=O)[O-])C(C)(C)C)cc1Cl. The van der Waals surface area contributed by atoms with Crippen molar-refractivity contribution in [2.45, 2.75) is 33.2 Å². The van der Waals surface area contributed by atoms with Crippen molar-refractivity contribution in [3.8, 4) is 0 Å². The van der Waals surface area contributed by atoms with Gasteiger partial charge in [-0.15, -0.1) is 0 Å². The average molecular weight is 258 g/mol. The van der Waals surface area contributed by atoms with Crippen LogP contribution in [0.3, 0.4) is 0 Å². The lowest BCUT2D eigenvalue weighted by Crippen LogP contribution is -2.49. The molecule has 0 radical (unpaired) electrons. The molecule has 0 spiro atoms. The lowest BCUT2D eigenvalue weighted by molar-refractivity contribution is -0.665. The number of halogens is 1. The van der Waals surface area contributed by atoms with Crippen molar-refractivity contribution in [2.24, 2.45) is 0 Å². The Bertz CT molecular complexity index is 429. The molecule has 0 bridgehead atoms. The van der Waals surface area contributed by atoms with Gasteiger partial charge in [0, 0.05) is 5.02 Å². The van der Waals surface area contributed by atoms with E-state index in [0.29, 0.717) is 10.7 Å². The van der Waals surface area contributed by atoms with Crippen molar-refractivity contribution in [3.05, 3.63) is 38.9 Å². The summed E-state index contributed by atoms with van der Waals surface area (Å²) in [7, 11) is 0. The fourth-order valence-corrected chi connectivity index (χ4v) is 1.42. The van der Waals surface area contributed by atoms with Gasteiger partial charge in [-0.3, -0.25) is 0 Å². The van der Waals surface area contributed by atoms with E-state index in [9.17, 15) is 10.1 Å². The Morgan fingerprint density at radius 1 is 1.41 bits per heavy atom. The fraction of sp³-hybridized carbons (Fsp3) is 0.455. The molecule has 0 aliphatic carbocycles. The summed E-state index contributed by atoms with van der Waals surface area (Å²) in [6.07, 6.45) is 0. The lowest BCUT2D eigenvalue weighted by Gasteiger charge is -2.27. The Labute approximate surface area is 105 Å². The number of nitrogens with one attached hydrogen (secondary N) is 1. The number of nitrogens with zero attached hydrogens (tertiary/aromatic N) is 2. The third kappa shape index (κ3) is 3.49. The fourth-order valence-electron chi connectivity index (χ4n) is 1.24. The molecule has 0 atom stereocenters. The van der Waals surface area contributed by atoms with Gasteiger partial charge in [-0.1, -0.05) is 17.7 Å². The predicted octanol–water partition coefficient (Wildman–Crippen LogP) is 3.27. The normalized spacial score (nSPS) is 11.1. The molecule has 94 valence electrons. The van der Waals surface area contributed by atoms with Crippen molar-refractivity contribution in [3.63, 3.8) is 0 Å². The molecule has 0 aliphatic heterocycles. The zero-order valence-corrected chi connectivity index (χ0v) is 11.1. The highest BCUT2D eigenvalue weighted by molar-refractivity contribution is 6.31. The zero-order valence-electron chi connectivity index (χ0n) is 10.3. The van der Waals surface area contributed by atoms with E-state index in [1.165, 1.54) is 0 Å². The van der Waals surface area contributed by atoms with Crippen LogP contribution in [0, 0.1) is 17.0 Å². The van der Waals surface area contributed by atoms with Crippen LogP contribution < -0.4 is 5.43 Å². The minimum atomic E-state index is -0.638. The smallest absolute Gasteiger partial charge is 0.181 e. The molecule has 17 heavy (non-hydrogen) atoms. The molecule has 0 unspecified atom stereocenters. The summed E-state index contributed by atoms with van der Waals surface area (Å²) in [5.41, 5.74) is 3.62. The molecular weight excluding hydrogens is 242 g/mol. The van der Waals surface area contributed by atoms with Crippen molar-refractivity contribution in [1.82, 2.24) is 5.12 Å². The minimum absolute atomic E-state index is 0.478. The minimum Gasteiger partial charge on any atom is -0.245 e. The van der Waals surface area contributed by atoms with Gasteiger partial charge in [-0.2, -0.15) is 0 Å². The summed E-state index contributed by atoms with van der Waals surface area (Å²) in [6.45, 7) is 7.12. The monoisotopic (exact) mass is 257 g/mol. The number of hydrogen-bond acceptors (Lipinski definition) is 3. The Morgan fingerprint density at radius 2 is 2.00 bits per heavy atom. The summed E-state index contributed by atoms with van der Waals surface area (Å²) in [5.74, 6) is 0. The van der Waals surface area contributed by atoms with Gasteiger partial charge in [-0.05, 0) is 50.5 Å². The second kappa shape index (κ2) is 4.79. The van der Waals surface area contributed by atoms with Crippen molar-refractivity contribution in [2.75, 3.05) is 5.43 Å². The summed E-state index contributed by atoms with van der Waals surface area (Å²) < 4.78 is 0. The first-order chi connectivity index (χ1) is 7.71. The van der Waals surface area contributed by atoms with Crippen LogP contribution in [0.2, 0.25) is 5.02 Å². The van der Waals surface area contributed by atoms with E-state index in [2.05, 4.69) is 5.43 Å². The number of aryl methyl sites for hydroxylation is 1. The highest BCUT2D eigenvalue weighted by Crippen LogP contribution is 2.22. The van der Waals surface area contributed by atoms with Gasteiger partial charge in [0.25, 0.3) is 0 Å². The van der Waals surface area contributed by atoms with E-state index in [1.807, 2.05) is 13.0 Å². The Hall–Kier alpha value is -1.49. The van der Waals surface area contributed by atoms with Gasteiger partial charge >= 0.3 is 0 Å². The van der Waals surface area contributed by atoms with Crippen LogP contribution in [-0.4, -0.2) is 15.7 Å². The molecule has 0 heterocycles. The van der Waals surface area contributed by atoms with E-state index in [4.69, 9.17) is 11.6 Å². The van der Waals surface area contributed by atoms with Crippen molar-refractivity contribution >= 4 is 17.3 Å². The van der Waals surface area contributed by atoms with Crippen LogP contribution >= 0.6 is 11.6 Å². The molecule has 0 aromatic heterocycles. The van der Waals surface area contributed by atoms with Gasteiger partial charge in [0.1, 0.15) is 5.54 Å². The molecule has 0 saturated carbocycles. The highest BCUT2D eigenvalue weighted by atomic mass is 35.5. The van der Waals surface area contributed by atoms with Crippen molar-refractivity contribution in [1.29, 1.82) is 0 Å². The van der Waals surface area contributed by atoms with Crippen LogP contribution in [0.25, 0.3) is 0 Å². The molecular formula is C11H16ClN3O2. The van der Waals surface area contributed by atoms with Crippen molar-refractivity contribution < 1.29 is 5.03 Å². The number of hydrazine groups is 2. The number of hydrogen-bond donors (Lipinski definition) is 1. The van der Waals surface area contributed by atoms with E-state index in [0.717, 1.165) is 10.7 Å². The van der Waals surface area contributed by atoms with Crippen LogP contribution in [-0.2, 0) is 0 Å². The molecule has 0 fully saturated rings. The number of benzene rings is 1. The van der Waals surface area contributed by atoms with E-state index in [1.54, 1.807) is 32.9 Å². The summed E-state index contributed by atoms with van der Waals surface area (Å²) in [5, 5.41) is 12.0. The lowest BCUT2D eigenvalue weighted by atomic mass is 10.1. The molecule has 0 aliphatic rings. The first kappa shape index (κ1) is 13.6. The Balaban J connectivity index is 2.95. The van der Waals surface area contributed by atoms with E-state index in [-0.39, 0.29) is 0 Å². The maximum atomic E-state index is 10.9. The first-order valence-electron chi connectivity index (χ1n) is 5.19. The molecule has 1 aromatic carbocycles. The van der Waals surface area contributed by atoms with Gasteiger partial charge in [0.2, 0.25) is 0 Å². The van der Waals surface area contributed by atoms with E-state index >= 15 is 0 Å². The average Bonchev–Trinajstić information content (AvgIpc) is 2.17.